The summed E-state index contributed by atoms with van der Waals surface area (Å²) in [6.45, 7) is 2.09. The lowest BCUT2D eigenvalue weighted by Gasteiger charge is -1.47. The third-order valence-electron chi connectivity index (χ3n) is 0. The molecule has 24 valence electrons. The average molecular weight is 76.0 g/mol. The Kier molecular flexibility index (Phi) is 21.7. The standard InChI is InChI=1S/C2H5.Al.FH/c1-2;;/h1H2,2H3;;1H. The number of halogens is 1. The van der Waals surface area contributed by atoms with E-state index in [0.29, 0.717) is 0 Å². The summed E-state index contributed by atoms with van der Waals surface area (Å²) in [6, 6.07) is 0. The van der Waals surface area contributed by atoms with E-state index in [9.17, 15) is 0 Å². The van der Waals surface area contributed by atoms with Crippen molar-refractivity contribution in [3.63, 3.8) is 0 Å². The molecule has 0 fully saturated rings. The van der Waals surface area contributed by atoms with Crippen molar-refractivity contribution in [2.75, 3.05) is 0 Å². The van der Waals surface area contributed by atoms with Gasteiger partial charge in [0.15, 0.2) is 0 Å². The minimum Gasteiger partial charge on any atom is -0.269 e. The van der Waals surface area contributed by atoms with Crippen molar-refractivity contribution >= 4 is 16.3 Å². The first kappa shape index (κ1) is 8.82. The number of hydrogen-bond acceptors (Lipinski definition) is 0. The smallest absolute Gasteiger partial charge is 0.117 e. The molecule has 0 atom stereocenters. The second kappa shape index (κ2) is 9.82. The summed E-state index contributed by atoms with van der Waals surface area (Å²) < 4.78 is 0. The van der Waals surface area contributed by atoms with Crippen LogP contribution in [0, 0.1) is 0 Å². The molecule has 0 nitrogen and oxygen atoms in total. The third kappa shape index (κ3) is 24.6. The van der Waals surface area contributed by atoms with Crippen molar-refractivity contribution in [1.29, 1.82) is 0 Å². The zero-order valence-electron chi connectivity index (χ0n) is 2.69. The predicted molar refractivity (Wildman–Crippen MR) is 18.7 cm³/mol. The lowest BCUT2D eigenvalue weighted by molar-refractivity contribution is 1.11. The van der Waals surface area contributed by atoms with Gasteiger partial charge in [-0.3, -0.25) is 4.70 Å². The molecule has 0 aliphatic carbocycles. The van der Waals surface area contributed by atoms with Crippen LogP contribution >= 0.6 is 0 Å². The molecule has 0 aromatic heterocycles. The van der Waals surface area contributed by atoms with Crippen LogP contribution in [0.4, 0.5) is 4.70 Å². The molecular formula is C2H6AlF. The Morgan fingerprint density at radius 3 is 1.75 bits per heavy atom. The molecule has 0 amide bonds. The maximum atomic E-state index is 2.58. The summed E-state index contributed by atoms with van der Waals surface area (Å²) in [5, 5.41) is 1.17. The molecule has 0 N–H and O–H groups in total. The summed E-state index contributed by atoms with van der Waals surface area (Å²) in [5.74, 6) is 0. The lowest BCUT2D eigenvalue weighted by Crippen LogP contribution is -1.41. The second-order valence-electron chi connectivity index (χ2n) is 0.408. The predicted octanol–water partition coefficient (Wildman–Crippen LogP) is 0.746. The molecule has 4 heavy (non-hydrogen) atoms. The van der Waals surface area contributed by atoms with Gasteiger partial charge in [-0.05, 0) is 0 Å². The molecule has 0 aromatic rings. The fourth-order valence-electron chi connectivity index (χ4n) is 0. The van der Waals surface area contributed by atoms with Gasteiger partial charge in [0.2, 0.25) is 0 Å². The van der Waals surface area contributed by atoms with Gasteiger partial charge in [-0.2, -0.15) is 0 Å². The monoisotopic (exact) mass is 76.0 g/mol. The van der Waals surface area contributed by atoms with Gasteiger partial charge in [-0.1, -0.05) is 6.92 Å². The van der Waals surface area contributed by atoms with Crippen LogP contribution in [0.2, 0.25) is 5.28 Å². The molecular weight excluding hydrogens is 70.0 g/mol. The van der Waals surface area contributed by atoms with E-state index in [0.717, 1.165) is 0 Å². The zero-order chi connectivity index (χ0) is 2.71. The SMILES string of the molecule is C[CH2][Al].F. The molecule has 0 saturated carbocycles. The summed E-state index contributed by atoms with van der Waals surface area (Å²) in [6.07, 6.45) is 0. The fourth-order valence-corrected chi connectivity index (χ4v) is 0. The molecule has 0 rings (SSSR count). The van der Waals surface area contributed by atoms with E-state index < -0.39 is 0 Å². The first-order chi connectivity index (χ1) is 1.41. The minimum atomic E-state index is 0. The molecule has 2 radical (unpaired) electrons. The average Bonchev–Trinajstić information content (AvgIpc) is 0.918. The number of hydrogen-bond donors (Lipinski definition) is 0. The molecule has 0 bridgehead atoms. The van der Waals surface area contributed by atoms with Crippen LogP contribution in [0.25, 0.3) is 0 Å². The molecule has 0 aliphatic rings. The Morgan fingerprint density at radius 2 is 1.75 bits per heavy atom. The van der Waals surface area contributed by atoms with Gasteiger partial charge in [0.25, 0.3) is 0 Å². The summed E-state index contributed by atoms with van der Waals surface area (Å²) in [7, 11) is 0. The van der Waals surface area contributed by atoms with Crippen LogP contribution in [0.15, 0.2) is 0 Å². The Hall–Kier alpha value is 0.462. The highest BCUT2D eigenvalue weighted by Gasteiger charge is 1.37. The van der Waals surface area contributed by atoms with Crippen LogP contribution in [0.3, 0.4) is 0 Å². The largest absolute Gasteiger partial charge is 0.269 e. The van der Waals surface area contributed by atoms with Gasteiger partial charge >= 0.3 is 0 Å². The Bertz CT molecular complexity index is 6.00. The number of rotatable bonds is 0. The van der Waals surface area contributed by atoms with E-state index in [4.69, 9.17) is 0 Å². The summed E-state index contributed by atoms with van der Waals surface area (Å²) in [4.78, 5) is 0. The molecule has 0 spiro atoms. The Labute approximate surface area is 34.0 Å². The molecule has 0 unspecified atom stereocenters. The van der Waals surface area contributed by atoms with Crippen LogP contribution < -0.4 is 0 Å². The van der Waals surface area contributed by atoms with Crippen molar-refractivity contribution in [3.05, 3.63) is 0 Å². The summed E-state index contributed by atoms with van der Waals surface area (Å²) in [5.41, 5.74) is 0. The van der Waals surface area contributed by atoms with Crippen LogP contribution in [-0.4, -0.2) is 16.3 Å². The first-order valence-corrected chi connectivity index (χ1v) is 1.93. The van der Waals surface area contributed by atoms with E-state index in [-0.39, 0.29) is 4.70 Å². The van der Waals surface area contributed by atoms with Crippen molar-refractivity contribution < 1.29 is 4.70 Å². The third-order valence-corrected chi connectivity index (χ3v) is 0. The molecule has 2 heteroatoms. The van der Waals surface area contributed by atoms with Crippen molar-refractivity contribution in [1.82, 2.24) is 0 Å². The van der Waals surface area contributed by atoms with Gasteiger partial charge in [0, 0.05) is 0 Å². The van der Waals surface area contributed by atoms with Crippen molar-refractivity contribution in [2.24, 2.45) is 0 Å². The normalized spacial score (nSPS) is 4.25. The van der Waals surface area contributed by atoms with E-state index in [1.54, 1.807) is 0 Å². The molecule has 0 aliphatic heterocycles. The second-order valence-corrected chi connectivity index (χ2v) is 1.22. The van der Waals surface area contributed by atoms with Gasteiger partial charge in [-0.15, -0.1) is 5.28 Å². The maximum Gasteiger partial charge on any atom is 0.117 e. The lowest BCUT2D eigenvalue weighted by atomic mass is 11.0. The van der Waals surface area contributed by atoms with Gasteiger partial charge in [0.05, 0.1) is 0 Å². The van der Waals surface area contributed by atoms with E-state index in [1.165, 1.54) is 5.28 Å². The Morgan fingerprint density at radius 1 is 1.75 bits per heavy atom. The summed E-state index contributed by atoms with van der Waals surface area (Å²) >= 11 is 2.58. The van der Waals surface area contributed by atoms with E-state index in [2.05, 4.69) is 23.2 Å². The van der Waals surface area contributed by atoms with Crippen LogP contribution in [0.5, 0.6) is 0 Å². The fraction of sp³-hybridized carbons (Fsp3) is 1.00. The van der Waals surface area contributed by atoms with Gasteiger partial charge < -0.3 is 0 Å². The quantitative estimate of drug-likeness (QED) is 0.373. The zero-order valence-corrected chi connectivity index (χ0v) is 3.85. The van der Waals surface area contributed by atoms with Crippen LogP contribution in [-0.2, 0) is 0 Å². The van der Waals surface area contributed by atoms with Crippen molar-refractivity contribution in [3.8, 4) is 0 Å². The maximum absolute atomic E-state index is 2.58. The minimum absolute atomic E-state index is 0. The van der Waals surface area contributed by atoms with Crippen molar-refractivity contribution in [2.45, 2.75) is 12.2 Å². The Balaban J connectivity index is 0. The molecule has 0 saturated heterocycles. The molecule has 0 aromatic carbocycles. The highest BCUT2D eigenvalue weighted by molar-refractivity contribution is 6.08. The van der Waals surface area contributed by atoms with Crippen LogP contribution in [0.1, 0.15) is 6.92 Å². The highest BCUT2D eigenvalue weighted by atomic mass is 27.0. The first-order valence-electron chi connectivity index (χ1n) is 1.12. The highest BCUT2D eigenvalue weighted by Crippen LogP contribution is 1.49. The van der Waals surface area contributed by atoms with Gasteiger partial charge in [-0.25, -0.2) is 0 Å². The van der Waals surface area contributed by atoms with E-state index in [1.807, 2.05) is 0 Å². The molecule has 0 heterocycles. The van der Waals surface area contributed by atoms with Gasteiger partial charge in [0.1, 0.15) is 16.3 Å². The van der Waals surface area contributed by atoms with E-state index >= 15 is 0 Å². The topological polar surface area (TPSA) is 0 Å².